The van der Waals surface area contributed by atoms with E-state index in [1.54, 1.807) is 24.3 Å². The SMILES string of the molecule is Cc1ccc(O)c(NC(=O)c2cccn2Cc2ccccc2)c1. The Morgan fingerprint density at radius 3 is 2.65 bits per heavy atom. The Labute approximate surface area is 135 Å². The molecule has 1 aromatic heterocycles. The van der Waals surface area contributed by atoms with Gasteiger partial charge in [-0.05, 0) is 42.3 Å². The minimum absolute atomic E-state index is 0.0603. The smallest absolute Gasteiger partial charge is 0.272 e. The number of hydrogen-bond donors (Lipinski definition) is 2. The Morgan fingerprint density at radius 2 is 1.87 bits per heavy atom. The molecule has 2 aromatic carbocycles. The summed E-state index contributed by atoms with van der Waals surface area (Å²) in [5.74, 6) is -0.183. The molecule has 0 bridgehead atoms. The fourth-order valence-corrected chi connectivity index (χ4v) is 2.47. The van der Waals surface area contributed by atoms with Gasteiger partial charge in [0.1, 0.15) is 11.4 Å². The molecule has 116 valence electrons. The van der Waals surface area contributed by atoms with Crippen LogP contribution in [0.15, 0.2) is 66.9 Å². The van der Waals surface area contributed by atoms with Crippen LogP contribution in [0.25, 0.3) is 0 Å². The van der Waals surface area contributed by atoms with E-state index in [9.17, 15) is 9.90 Å². The number of nitrogens with zero attached hydrogens (tertiary/aromatic N) is 1. The van der Waals surface area contributed by atoms with E-state index in [2.05, 4.69) is 5.32 Å². The zero-order chi connectivity index (χ0) is 16.2. The van der Waals surface area contributed by atoms with Crippen molar-refractivity contribution >= 4 is 11.6 Å². The van der Waals surface area contributed by atoms with Crippen LogP contribution in [0.1, 0.15) is 21.6 Å². The van der Waals surface area contributed by atoms with Crippen molar-refractivity contribution in [3.8, 4) is 5.75 Å². The highest BCUT2D eigenvalue weighted by atomic mass is 16.3. The van der Waals surface area contributed by atoms with Crippen LogP contribution in [0.5, 0.6) is 5.75 Å². The zero-order valence-corrected chi connectivity index (χ0v) is 12.9. The van der Waals surface area contributed by atoms with E-state index < -0.39 is 0 Å². The van der Waals surface area contributed by atoms with Crippen LogP contribution < -0.4 is 5.32 Å². The molecule has 0 aliphatic rings. The summed E-state index contributed by atoms with van der Waals surface area (Å²) in [4.78, 5) is 12.5. The van der Waals surface area contributed by atoms with Crippen molar-refractivity contribution < 1.29 is 9.90 Å². The molecule has 1 amide bonds. The van der Waals surface area contributed by atoms with Gasteiger partial charge in [-0.3, -0.25) is 4.79 Å². The van der Waals surface area contributed by atoms with Gasteiger partial charge in [0.2, 0.25) is 0 Å². The highest BCUT2D eigenvalue weighted by Gasteiger charge is 2.13. The van der Waals surface area contributed by atoms with Gasteiger partial charge in [0, 0.05) is 12.7 Å². The lowest BCUT2D eigenvalue weighted by Gasteiger charge is -2.11. The van der Waals surface area contributed by atoms with Crippen molar-refractivity contribution in [3.63, 3.8) is 0 Å². The van der Waals surface area contributed by atoms with Crippen LogP contribution in [-0.4, -0.2) is 15.6 Å². The van der Waals surface area contributed by atoms with Crippen LogP contribution in [0.3, 0.4) is 0 Å². The summed E-state index contributed by atoms with van der Waals surface area (Å²) in [6.07, 6.45) is 1.87. The van der Waals surface area contributed by atoms with Gasteiger partial charge < -0.3 is 15.0 Å². The van der Waals surface area contributed by atoms with E-state index in [1.165, 1.54) is 0 Å². The molecule has 0 aliphatic carbocycles. The van der Waals surface area contributed by atoms with Gasteiger partial charge in [-0.1, -0.05) is 36.4 Å². The maximum Gasteiger partial charge on any atom is 0.272 e. The Hall–Kier alpha value is -3.01. The van der Waals surface area contributed by atoms with Crippen molar-refractivity contribution in [1.82, 2.24) is 4.57 Å². The molecular weight excluding hydrogens is 288 g/mol. The molecule has 0 radical (unpaired) electrons. The Morgan fingerprint density at radius 1 is 1.09 bits per heavy atom. The summed E-state index contributed by atoms with van der Waals surface area (Å²) < 4.78 is 1.89. The molecule has 0 saturated heterocycles. The van der Waals surface area contributed by atoms with E-state index in [-0.39, 0.29) is 11.7 Å². The largest absolute Gasteiger partial charge is 0.506 e. The molecule has 23 heavy (non-hydrogen) atoms. The molecule has 0 unspecified atom stereocenters. The lowest BCUT2D eigenvalue weighted by atomic mass is 10.2. The Kier molecular flexibility index (Phi) is 4.15. The Bertz CT molecular complexity index is 822. The highest BCUT2D eigenvalue weighted by molar-refractivity contribution is 6.04. The standard InChI is InChI=1S/C19H18N2O2/c1-14-9-10-18(22)16(12-14)20-19(23)17-8-5-11-21(17)13-15-6-3-2-4-7-15/h2-12,22H,13H2,1H3,(H,20,23). The third-order valence-electron chi connectivity index (χ3n) is 3.66. The minimum Gasteiger partial charge on any atom is -0.506 e. The van der Waals surface area contributed by atoms with Crippen molar-refractivity contribution in [2.45, 2.75) is 13.5 Å². The number of anilines is 1. The van der Waals surface area contributed by atoms with Gasteiger partial charge in [-0.25, -0.2) is 0 Å². The third kappa shape index (κ3) is 3.43. The van der Waals surface area contributed by atoms with E-state index in [0.29, 0.717) is 17.9 Å². The third-order valence-corrected chi connectivity index (χ3v) is 3.66. The van der Waals surface area contributed by atoms with Gasteiger partial charge in [0.25, 0.3) is 5.91 Å². The van der Waals surface area contributed by atoms with E-state index in [4.69, 9.17) is 0 Å². The van der Waals surface area contributed by atoms with Crippen LogP contribution in [0, 0.1) is 6.92 Å². The topological polar surface area (TPSA) is 54.3 Å². The maximum atomic E-state index is 12.5. The average Bonchev–Trinajstić information content (AvgIpc) is 3.00. The summed E-state index contributed by atoms with van der Waals surface area (Å²) in [7, 11) is 0. The van der Waals surface area contributed by atoms with Crippen molar-refractivity contribution in [3.05, 3.63) is 83.7 Å². The first kappa shape index (κ1) is 14.9. The minimum atomic E-state index is -0.244. The molecule has 4 nitrogen and oxygen atoms in total. The van der Waals surface area contributed by atoms with Gasteiger partial charge in [-0.15, -0.1) is 0 Å². The number of phenols is 1. The second-order valence-electron chi connectivity index (χ2n) is 5.48. The maximum absolute atomic E-state index is 12.5. The van der Waals surface area contributed by atoms with Gasteiger partial charge in [0.05, 0.1) is 5.69 Å². The number of rotatable bonds is 4. The first-order valence-electron chi connectivity index (χ1n) is 7.43. The summed E-state index contributed by atoms with van der Waals surface area (Å²) in [5.41, 5.74) is 3.06. The lowest BCUT2D eigenvalue weighted by Crippen LogP contribution is -2.17. The van der Waals surface area contributed by atoms with Gasteiger partial charge in [-0.2, -0.15) is 0 Å². The number of hydrogen-bond acceptors (Lipinski definition) is 2. The Balaban J connectivity index is 1.81. The van der Waals surface area contributed by atoms with Gasteiger partial charge in [0.15, 0.2) is 0 Å². The van der Waals surface area contributed by atoms with E-state index >= 15 is 0 Å². The predicted molar refractivity (Wildman–Crippen MR) is 90.8 cm³/mol. The second-order valence-corrected chi connectivity index (χ2v) is 5.48. The number of aryl methyl sites for hydroxylation is 1. The molecule has 0 saturated carbocycles. The first-order valence-corrected chi connectivity index (χ1v) is 7.43. The second kappa shape index (κ2) is 6.40. The lowest BCUT2D eigenvalue weighted by molar-refractivity contribution is 0.101. The average molecular weight is 306 g/mol. The normalized spacial score (nSPS) is 10.5. The molecule has 0 fully saturated rings. The highest BCUT2D eigenvalue weighted by Crippen LogP contribution is 2.24. The number of phenolic OH excluding ortho intramolecular Hbond substituents is 1. The van der Waals surface area contributed by atoms with E-state index in [1.807, 2.05) is 54.1 Å². The number of amides is 1. The predicted octanol–water partition coefficient (Wildman–Crippen LogP) is 3.80. The fraction of sp³-hybridized carbons (Fsp3) is 0.105. The van der Waals surface area contributed by atoms with Crippen LogP contribution >= 0.6 is 0 Å². The van der Waals surface area contributed by atoms with Crippen molar-refractivity contribution in [1.29, 1.82) is 0 Å². The summed E-state index contributed by atoms with van der Waals surface area (Å²) in [5, 5.41) is 12.6. The quantitative estimate of drug-likeness (QED) is 0.720. The van der Waals surface area contributed by atoms with Crippen LogP contribution in [-0.2, 0) is 6.54 Å². The number of carbonyl (C=O) groups excluding carboxylic acids is 1. The first-order chi connectivity index (χ1) is 11.1. The molecule has 3 rings (SSSR count). The molecule has 2 N–H and O–H groups in total. The number of aromatic hydroxyl groups is 1. The molecule has 1 heterocycles. The monoisotopic (exact) mass is 306 g/mol. The summed E-state index contributed by atoms with van der Waals surface area (Å²) in [6.45, 7) is 2.53. The van der Waals surface area contributed by atoms with Crippen molar-refractivity contribution in [2.75, 3.05) is 5.32 Å². The van der Waals surface area contributed by atoms with Gasteiger partial charge >= 0.3 is 0 Å². The fourth-order valence-electron chi connectivity index (χ4n) is 2.47. The van der Waals surface area contributed by atoms with Crippen LogP contribution in [0.2, 0.25) is 0 Å². The molecule has 3 aromatic rings. The van der Waals surface area contributed by atoms with Crippen molar-refractivity contribution in [2.24, 2.45) is 0 Å². The molecule has 0 atom stereocenters. The summed E-state index contributed by atoms with van der Waals surface area (Å²) >= 11 is 0. The molecule has 0 spiro atoms. The number of benzene rings is 2. The molecule has 0 aliphatic heterocycles. The van der Waals surface area contributed by atoms with E-state index in [0.717, 1.165) is 11.1 Å². The number of carbonyl (C=O) groups is 1. The number of nitrogens with one attached hydrogen (secondary N) is 1. The summed E-state index contributed by atoms with van der Waals surface area (Å²) in [6, 6.07) is 18.7. The van der Waals surface area contributed by atoms with Crippen LogP contribution in [0.4, 0.5) is 5.69 Å². The zero-order valence-electron chi connectivity index (χ0n) is 12.9. The molecule has 4 heteroatoms. The molecular formula is C19H18N2O2. The number of aromatic nitrogens is 1.